The second kappa shape index (κ2) is 7.23. The average Bonchev–Trinajstić information content (AvgIpc) is 3.08. The third kappa shape index (κ3) is 3.78. The smallest absolute Gasteiger partial charge is 0.230 e. The maximum Gasteiger partial charge on any atom is 0.230 e. The van der Waals surface area contributed by atoms with Crippen LogP contribution >= 0.6 is 12.2 Å². The van der Waals surface area contributed by atoms with Crippen molar-refractivity contribution in [2.24, 2.45) is 0 Å². The molecule has 0 bridgehead atoms. The molecule has 0 saturated carbocycles. The summed E-state index contributed by atoms with van der Waals surface area (Å²) >= 11 is 5.21. The van der Waals surface area contributed by atoms with E-state index in [9.17, 15) is 4.39 Å². The predicted molar refractivity (Wildman–Crippen MR) is 96.1 cm³/mol. The van der Waals surface area contributed by atoms with Gasteiger partial charge in [0.1, 0.15) is 5.82 Å². The third-order valence-electron chi connectivity index (χ3n) is 3.60. The van der Waals surface area contributed by atoms with Gasteiger partial charge in [-0.3, -0.25) is 0 Å². The molecule has 0 radical (unpaired) electrons. The maximum atomic E-state index is 14.4. The summed E-state index contributed by atoms with van der Waals surface area (Å²) in [5.41, 5.74) is 2.23. The first-order valence-electron chi connectivity index (χ1n) is 7.46. The van der Waals surface area contributed by atoms with Gasteiger partial charge in [-0.2, -0.15) is 0 Å². The van der Waals surface area contributed by atoms with E-state index >= 15 is 0 Å². The molecular weight excluding hydrogens is 325 g/mol. The molecule has 0 aliphatic carbocycles. The molecular formula is C18H16FN3OS. The number of nitrogens with zero attached hydrogens (tertiary/aromatic N) is 1. The van der Waals surface area contributed by atoms with Gasteiger partial charge in [0, 0.05) is 11.6 Å². The van der Waals surface area contributed by atoms with E-state index in [1.165, 1.54) is 12.3 Å². The van der Waals surface area contributed by atoms with Gasteiger partial charge in [0.2, 0.25) is 5.88 Å². The summed E-state index contributed by atoms with van der Waals surface area (Å²) in [7, 11) is 0. The van der Waals surface area contributed by atoms with Crippen LogP contribution in [0.4, 0.5) is 10.3 Å². The van der Waals surface area contributed by atoms with Crippen LogP contribution in [0.25, 0.3) is 11.1 Å². The Kier molecular flexibility index (Phi) is 4.86. The molecule has 0 amide bonds. The highest BCUT2D eigenvalue weighted by atomic mass is 32.1. The zero-order valence-electron chi connectivity index (χ0n) is 13.0. The van der Waals surface area contributed by atoms with Crippen molar-refractivity contribution < 1.29 is 8.91 Å². The first kappa shape index (κ1) is 16.1. The summed E-state index contributed by atoms with van der Waals surface area (Å²) in [6.07, 6.45) is 1.52. The standard InChI is InChI=1S/C18H16FN3OS/c1-12(21-18(24)22-17-9-10-20-23-17)14-7-8-15(16(19)11-14)13-5-3-2-4-6-13/h2-12H,1H3,(H2,21,22,24). The molecule has 1 heterocycles. The van der Waals surface area contributed by atoms with Gasteiger partial charge in [-0.05, 0) is 36.3 Å². The Hall–Kier alpha value is -2.73. The number of aromatic nitrogens is 1. The van der Waals surface area contributed by atoms with Crippen LogP contribution in [0.1, 0.15) is 18.5 Å². The molecule has 24 heavy (non-hydrogen) atoms. The minimum Gasteiger partial charge on any atom is -0.356 e. The number of nitrogens with one attached hydrogen (secondary N) is 2. The highest BCUT2D eigenvalue weighted by molar-refractivity contribution is 7.80. The molecule has 3 rings (SSSR count). The fraction of sp³-hybridized carbons (Fsp3) is 0.111. The van der Waals surface area contributed by atoms with Gasteiger partial charge >= 0.3 is 0 Å². The lowest BCUT2D eigenvalue weighted by atomic mass is 10.0. The van der Waals surface area contributed by atoms with Crippen LogP contribution in [-0.4, -0.2) is 10.3 Å². The molecule has 6 heteroatoms. The fourth-order valence-corrected chi connectivity index (χ4v) is 2.64. The monoisotopic (exact) mass is 341 g/mol. The number of anilines is 1. The lowest BCUT2D eigenvalue weighted by molar-refractivity contribution is 0.435. The molecule has 0 aliphatic rings. The molecule has 122 valence electrons. The van der Waals surface area contributed by atoms with E-state index in [-0.39, 0.29) is 11.9 Å². The number of hydrogen-bond donors (Lipinski definition) is 2. The lowest BCUT2D eigenvalue weighted by Gasteiger charge is -2.17. The summed E-state index contributed by atoms with van der Waals surface area (Å²) in [4.78, 5) is 0. The number of hydrogen-bond acceptors (Lipinski definition) is 3. The van der Waals surface area contributed by atoms with Gasteiger partial charge in [-0.15, -0.1) is 0 Å². The van der Waals surface area contributed by atoms with Gasteiger partial charge in [0.25, 0.3) is 0 Å². The van der Waals surface area contributed by atoms with E-state index in [0.717, 1.165) is 11.1 Å². The Bertz CT molecular complexity index is 822. The molecule has 2 N–H and O–H groups in total. The molecule has 1 unspecified atom stereocenters. The van der Waals surface area contributed by atoms with Crippen LogP contribution in [0.5, 0.6) is 0 Å². The molecule has 4 nitrogen and oxygen atoms in total. The number of halogens is 1. The molecule has 3 aromatic rings. The molecule has 0 spiro atoms. The highest BCUT2D eigenvalue weighted by Gasteiger charge is 2.12. The molecule has 1 aromatic heterocycles. The Morgan fingerprint density at radius 2 is 1.96 bits per heavy atom. The zero-order valence-corrected chi connectivity index (χ0v) is 13.8. The van der Waals surface area contributed by atoms with Gasteiger partial charge in [-0.25, -0.2) is 4.39 Å². The van der Waals surface area contributed by atoms with Crippen molar-refractivity contribution in [3.63, 3.8) is 0 Å². The van der Waals surface area contributed by atoms with E-state index in [1.807, 2.05) is 43.3 Å². The quantitative estimate of drug-likeness (QED) is 0.683. The van der Waals surface area contributed by atoms with E-state index in [2.05, 4.69) is 15.8 Å². The van der Waals surface area contributed by atoms with E-state index < -0.39 is 0 Å². The van der Waals surface area contributed by atoms with E-state index in [0.29, 0.717) is 16.6 Å². The van der Waals surface area contributed by atoms with Crippen molar-refractivity contribution in [2.75, 3.05) is 5.32 Å². The summed E-state index contributed by atoms with van der Waals surface area (Å²) in [6, 6.07) is 16.2. The van der Waals surface area contributed by atoms with Crippen molar-refractivity contribution in [1.29, 1.82) is 0 Å². The van der Waals surface area contributed by atoms with Gasteiger partial charge < -0.3 is 15.2 Å². The Balaban J connectivity index is 1.70. The van der Waals surface area contributed by atoms with Crippen molar-refractivity contribution in [2.45, 2.75) is 13.0 Å². The lowest BCUT2D eigenvalue weighted by Crippen LogP contribution is -2.30. The second-order valence-corrected chi connectivity index (χ2v) is 5.71. The fourth-order valence-electron chi connectivity index (χ4n) is 2.36. The Labute approximate surface area is 144 Å². The topological polar surface area (TPSA) is 50.1 Å². The molecule has 2 aromatic carbocycles. The minimum absolute atomic E-state index is 0.160. The summed E-state index contributed by atoms with van der Waals surface area (Å²) in [5, 5.41) is 9.93. The van der Waals surface area contributed by atoms with Crippen molar-refractivity contribution >= 4 is 23.2 Å². The van der Waals surface area contributed by atoms with Crippen LogP contribution in [-0.2, 0) is 0 Å². The minimum atomic E-state index is -0.263. The summed E-state index contributed by atoms with van der Waals surface area (Å²) in [6.45, 7) is 1.91. The molecule has 0 saturated heterocycles. The van der Waals surface area contributed by atoms with Crippen LogP contribution in [0.3, 0.4) is 0 Å². The number of rotatable bonds is 4. The van der Waals surface area contributed by atoms with Crippen LogP contribution in [0.15, 0.2) is 65.3 Å². The van der Waals surface area contributed by atoms with Gasteiger partial charge in [0.05, 0.1) is 12.2 Å². The SMILES string of the molecule is CC(NC(=S)Nc1ccno1)c1ccc(-c2ccccc2)c(F)c1. The molecule has 0 fully saturated rings. The Morgan fingerprint density at radius 3 is 2.62 bits per heavy atom. The summed E-state index contributed by atoms with van der Waals surface area (Å²) < 4.78 is 19.4. The van der Waals surface area contributed by atoms with E-state index in [1.54, 1.807) is 12.1 Å². The summed E-state index contributed by atoms with van der Waals surface area (Å²) in [5.74, 6) is 0.187. The maximum absolute atomic E-state index is 14.4. The van der Waals surface area contributed by atoms with Crippen molar-refractivity contribution in [3.05, 3.63) is 72.2 Å². The average molecular weight is 341 g/mol. The second-order valence-electron chi connectivity index (χ2n) is 5.30. The predicted octanol–water partition coefficient (Wildman–Crippen LogP) is 4.53. The normalized spacial score (nSPS) is 11.8. The van der Waals surface area contributed by atoms with Crippen LogP contribution in [0.2, 0.25) is 0 Å². The zero-order chi connectivity index (χ0) is 16.9. The first-order chi connectivity index (χ1) is 11.6. The van der Waals surface area contributed by atoms with Gasteiger partial charge in [0.15, 0.2) is 5.11 Å². The van der Waals surface area contributed by atoms with Gasteiger partial charge in [-0.1, -0.05) is 47.6 Å². The third-order valence-corrected chi connectivity index (χ3v) is 3.82. The first-order valence-corrected chi connectivity index (χ1v) is 7.87. The van der Waals surface area contributed by atoms with E-state index in [4.69, 9.17) is 16.7 Å². The highest BCUT2D eigenvalue weighted by Crippen LogP contribution is 2.25. The van der Waals surface area contributed by atoms with Crippen LogP contribution < -0.4 is 10.6 Å². The Morgan fingerprint density at radius 1 is 1.17 bits per heavy atom. The number of benzene rings is 2. The molecule has 1 atom stereocenters. The number of thiocarbonyl (C=S) groups is 1. The van der Waals surface area contributed by atoms with Crippen LogP contribution in [0, 0.1) is 5.82 Å². The van der Waals surface area contributed by atoms with Crippen molar-refractivity contribution in [1.82, 2.24) is 10.5 Å². The molecule has 0 aliphatic heterocycles. The largest absolute Gasteiger partial charge is 0.356 e. The van der Waals surface area contributed by atoms with Crippen molar-refractivity contribution in [3.8, 4) is 11.1 Å².